The molecule has 0 saturated carbocycles. The molecule has 1 aromatic carbocycles. The first kappa shape index (κ1) is 17.3. The Morgan fingerprint density at radius 3 is 2.91 bits per heavy atom. The second-order valence-corrected chi connectivity index (χ2v) is 5.45. The number of rotatable bonds is 6. The van der Waals surface area contributed by atoms with E-state index in [2.05, 4.69) is 10.8 Å². The van der Waals surface area contributed by atoms with Gasteiger partial charge in [0, 0.05) is 24.6 Å². The fourth-order valence-corrected chi connectivity index (χ4v) is 2.51. The lowest BCUT2D eigenvalue weighted by atomic mass is 9.91. The van der Waals surface area contributed by atoms with Crippen LogP contribution in [0.3, 0.4) is 0 Å². The standard InChI is InChI=1S/C15H20FN3O4/c1-2-13-11(6-19-23-13)8-3-9(5-10(16)4-8)14(20)18-7-12(17)15(21)22/h3-5,11-13,19H,2,6-7,17H2,1H3,(H,18,20)(H,21,22)/t11?,12-,13?/m1/s1. The second kappa shape index (κ2) is 7.49. The molecule has 1 saturated heterocycles. The molecule has 2 unspecified atom stereocenters. The monoisotopic (exact) mass is 325 g/mol. The van der Waals surface area contributed by atoms with E-state index in [4.69, 9.17) is 15.7 Å². The molecule has 7 nitrogen and oxygen atoms in total. The van der Waals surface area contributed by atoms with Crippen LogP contribution in [0, 0.1) is 5.82 Å². The van der Waals surface area contributed by atoms with Crippen LogP contribution in [0.2, 0.25) is 0 Å². The fourth-order valence-electron chi connectivity index (χ4n) is 2.51. The molecular formula is C15H20FN3O4. The fraction of sp³-hybridized carbons (Fsp3) is 0.467. The molecule has 2 rings (SSSR count). The van der Waals surface area contributed by atoms with Crippen molar-refractivity contribution in [1.82, 2.24) is 10.8 Å². The minimum Gasteiger partial charge on any atom is -0.480 e. The van der Waals surface area contributed by atoms with Crippen LogP contribution in [-0.4, -0.2) is 42.2 Å². The average molecular weight is 325 g/mol. The highest BCUT2D eigenvalue weighted by Crippen LogP contribution is 2.28. The van der Waals surface area contributed by atoms with E-state index in [0.717, 1.165) is 12.5 Å². The van der Waals surface area contributed by atoms with E-state index in [1.54, 1.807) is 6.07 Å². The molecule has 1 aliphatic rings. The van der Waals surface area contributed by atoms with Crippen LogP contribution in [-0.2, 0) is 9.63 Å². The van der Waals surface area contributed by atoms with Gasteiger partial charge in [0.2, 0.25) is 0 Å². The molecule has 1 aromatic rings. The molecule has 0 aliphatic carbocycles. The van der Waals surface area contributed by atoms with Gasteiger partial charge in [-0.2, -0.15) is 0 Å². The van der Waals surface area contributed by atoms with Crippen molar-refractivity contribution in [2.45, 2.75) is 31.4 Å². The van der Waals surface area contributed by atoms with Crippen molar-refractivity contribution in [3.05, 3.63) is 35.1 Å². The van der Waals surface area contributed by atoms with Crippen LogP contribution in [0.25, 0.3) is 0 Å². The number of carbonyl (C=O) groups excluding carboxylic acids is 1. The highest BCUT2D eigenvalue weighted by molar-refractivity contribution is 5.94. The van der Waals surface area contributed by atoms with Gasteiger partial charge in [-0.1, -0.05) is 6.92 Å². The lowest BCUT2D eigenvalue weighted by Crippen LogP contribution is -2.42. The summed E-state index contributed by atoms with van der Waals surface area (Å²) in [4.78, 5) is 28.1. The molecule has 126 valence electrons. The van der Waals surface area contributed by atoms with Gasteiger partial charge >= 0.3 is 5.97 Å². The van der Waals surface area contributed by atoms with E-state index in [9.17, 15) is 14.0 Å². The number of nitrogens with one attached hydrogen (secondary N) is 2. The number of carboxylic acids is 1. The molecule has 1 heterocycles. The maximum absolute atomic E-state index is 13.8. The van der Waals surface area contributed by atoms with Gasteiger partial charge in [-0.05, 0) is 30.2 Å². The highest BCUT2D eigenvalue weighted by atomic mass is 19.1. The van der Waals surface area contributed by atoms with Crippen LogP contribution >= 0.6 is 0 Å². The highest BCUT2D eigenvalue weighted by Gasteiger charge is 2.29. The molecule has 8 heteroatoms. The van der Waals surface area contributed by atoms with Gasteiger partial charge in [-0.3, -0.25) is 14.4 Å². The van der Waals surface area contributed by atoms with Crippen molar-refractivity contribution in [3.63, 3.8) is 0 Å². The minimum absolute atomic E-state index is 0.0523. The molecule has 0 radical (unpaired) electrons. The average Bonchev–Trinajstić information content (AvgIpc) is 3.00. The summed E-state index contributed by atoms with van der Waals surface area (Å²) in [6, 6.07) is 2.87. The molecule has 1 amide bonds. The van der Waals surface area contributed by atoms with E-state index in [1.807, 2.05) is 6.92 Å². The maximum atomic E-state index is 13.8. The number of aliphatic carboxylic acids is 1. The Labute approximate surface area is 133 Å². The first-order valence-corrected chi connectivity index (χ1v) is 7.38. The zero-order valence-corrected chi connectivity index (χ0v) is 12.7. The van der Waals surface area contributed by atoms with Crippen LogP contribution in [0.1, 0.15) is 35.2 Å². The zero-order chi connectivity index (χ0) is 17.0. The zero-order valence-electron chi connectivity index (χ0n) is 12.7. The number of carboxylic acid groups (broad SMARTS) is 1. The molecular weight excluding hydrogens is 305 g/mol. The summed E-state index contributed by atoms with van der Waals surface area (Å²) in [5.74, 6) is -2.37. The van der Waals surface area contributed by atoms with Crippen molar-refractivity contribution >= 4 is 11.9 Å². The Morgan fingerprint density at radius 2 is 2.26 bits per heavy atom. The molecule has 0 aromatic heterocycles. The van der Waals surface area contributed by atoms with Gasteiger partial charge in [0.25, 0.3) is 5.91 Å². The first-order valence-electron chi connectivity index (χ1n) is 7.38. The summed E-state index contributed by atoms with van der Waals surface area (Å²) in [5, 5.41) is 11.1. The van der Waals surface area contributed by atoms with Gasteiger partial charge in [0.05, 0.1) is 6.10 Å². The summed E-state index contributed by atoms with van der Waals surface area (Å²) in [5.41, 5.74) is 8.90. The second-order valence-electron chi connectivity index (χ2n) is 5.45. The predicted octanol–water partition coefficient (Wildman–Crippen LogP) is 0.364. The summed E-state index contributed by atoms with van der Waals surface area (Å²) < 4.78 is 13.8. The molecule has 5 N–H and O–H groups in total. The molecule has 3 atom stereocenters. The van der Waals surface area contributed by atoms with Gasteiger partial charge in [0.1, 0.15) is 11.9 Å². The number of benzene rings is 1. The van der Waals surface area contributed by atoms with E-state index in [0.29, 0.717) is 12.1 Å². The van der Waals surface area contributed by atoms with Crippen molar-refractivity contribution in [1.29, 1.82) is 0 Å². The first-order chi connectivity index (χ1) is 10.9. The summed E-state index contributed by atoms with van der Waals surface area (Å²) in [7, 11) is 0. The Balaban J connectivity index is 2.13. The number of nitrogens with two attached hydrogens (primary N) is 1. The summed E-state index contributed by atoms with van der Waals surface area (Å²) >= 11 is 0. The Bertz CT molecular complexity index is 596. The van der Waals surface area contributed by atoms with Crippen LogP contribution in [0.15, 0.2) is 18.2 Å². The Hall–Kier alpha value is -2.03. The lowest BCUT2D eigenvalue weighted by molar-refractivity contribution is -0.138. The van der Waals surface area contributed by atoms with Crippen molar-refractivity contribution in [2.24, 2.45) is 5.73 Å². The number of amides is 1. The Morgan fingerprint density at radius 1 is 1.52 bits per heavy atom. The summed E-state index contributed by atoms with van der Waals surface area (Å²) in [6.45, 7) is 2.27. The number of halogens is 1. The molecule has 23 heavy (non-hydrogen) atoms. The van der Waals surface area contributed by atoms with Gasteiger partial charge in [-0.25, -0.2) is 9.87 Å². The van der Waals surface area contributed by atoms with E-state index < -0.39 is 23.7 Å². The summed E-state index contributed by atoms with van der Waals surface area (Å²) in [6.07, 6.45) is 0.663. The van der Waals surface area contributed by atoms with E-state index in [1.165, 1.54) is 6.07 Å². The van der Waals surface area contributed by atoms with Crippen molar-refractivity contribution in [2.75, 3.05) is 13.1 Å². The lowest BCUT2D eigenvalue weighted by Gasteiger charge is -2.17. The van der Waals surface area contributed by atoms with Crippen LogP contribution < -0.4 is 16.5 Å². The van der Waals surface area contributed by atoms with Gasteiger partial charge in [0.15, 0.2) is 0 Å². The quantitative estimate of drug-likeness (QED) is 0.601. The smallest absolute Gasteiger partial charge is 0.322 e. The van der Waals surface area contributed by atoms with Gasteiger partial charge < -0.3 is 16.2 Å². The molecule has 0 spiro atoms. The predicted molar refractivity (Wildman–Crippen MR) is 80.3 cm³/mol. The normalized spacial score (nSPS) is 21.9. The molecule has 0 bridgehead atoms. The Kier molecular flexibility index (Phi) is 5.64. The SMILES string of the molecule is CCC1ONCC1c1cc(F)cc(C(=O)NC[C@@H](N)C(=O)O)c1. The van der Waals surface area contributed by atoms with Gasteiger partial charge in [-0.15, -0.1) is 0 Å². The van der Waals surface area contributed by atoms with Crippen molar-refractivity contribution < 1.29 is 23.9 Å². The minimum atomic E-state index is -1.22. The third-order valence-corrected chi connectivity index (χ3v) is 3.80. The number of hydrogen-bond acceptors (Lipinski definition) is 5. The van der Waals surface area contributed by atoms with Crippen LogP contribution in [0.5, 0.6) is 0 Å². The third-order valence-electron chi connectivity index (χ3n) is 3.80. The molecule has 1 aliphatic heterocycles. The van der Waals surface area contributed by atoms with E-state index >= 15 is 0 Å². The number of hydroxylamine groups is 1. The number of hydrogen-bond donors (Lipinski definition) is 4. The molecule has 1 fully saturated rings. The van der Waals surface area contributed by atoms with Crippen LogP contribution in [0.4, 0.5) is 4.39 Å². The topological polar surface area (TPSA) is 114 Å². The number of carbonyl (C=O) groups is 2. The third kappa shape index (κ3) is 4.25. The van der Waals surface area contributed by atoms with E-state index in [-0.39, 0.29) is 24.1 Å². The largest absolute Gasteiger partial charge is 0.480 e. The maximum Gasteiger partial charge on any atom is 0.322 e. The van der Waals surface area contributed by atoms with Crippen molar-refractivity contribution in [3.8, 4) is 0 Å².